The normalized spacial score (nSPS) is 16.9. The van der Waals surface area contributed by atoms with Gasteiger partial charge in [0, 0.05) is 11.5 Å². The van der Waals surface area contributed by atoms with Crippen LogP contribution in [0, 0.1) is 0 Å². The summed E-state index contributed by atoms with van der Waals surface area (Å²) in [6.45, 7) is 0. The number of ether oxygens (including phenoxy) is 2. The number of amides is 2. The van der Waals surface area contributed by atoms with E-state index < -0.39 is 18.0 Å². The summed E-state index contributed by atoms with van der Waals surface area (Å²) in [7, 11) is 2.90. The number of carbonyl (C=O) groups is 2. The van der Waals surface area contributed by atoms with Gasteiger partial charge in [-0.15, -0.1) is 12.6 Å². The van der Waals surface area contributed by atoms with E-state index in [0.29, 0.717) is 16.7 Å². The Balaban J connectivity index is 1.82. The Morgan fingerprint density at radius 3 is 2.69 bits per heavy atom. The van der Waals surface area contributed by atoms with Crippen LogP contribution in [0.15, 0.2) is 29.4 Å². The molecule has 1 aromatic carbocycles. The van der Waals surface area contributed by atoms with Crippen LogP contribution in [0.2, 0.25) is 0 Å². The maximum absolute atomic E-state index is 12.0. The molecule has 142 valence electrons. The Bertz CT molecular complexity index is 657. The molecule has 0 spiro atoms. The predicted octanol–water partition coefficient (Wildman–Crippen LogP) is 1.59. The molecule has 11 heteroatoms. The molecule has 0 saturated carbocycles. The number of thiol groups is 1. The van der Waals surface area contributed by atoms with E-state index in [4.69, 9.17) is 9.47 Å². The van der Waals surface area contributed by atoms with Crippen molar-refractivity contribution in [2.45, 2.75) is 16.5 Å². The van der Waals surface area contributed by atoms with E-state index in [9.17, 15) is 9.59 Å². The number of esters is 1. The van der Waals surface area contributed by atoms with Crippen molar-refractivity contribution in [2.75, 3.05) is 20.0 Å². The smallest absolute Gasteiger partial charge is 0.329 e. The Kier molecular flexibility index (Phi) is 8.26. The Hall–Kier alpha value is -1.72. The number of nitrogens with one attached hydrogen (secondary N) is 3. The van der Waals surface area contributed by atoms with Gasteiger partial charge in [0.25, 0.3) is 0 Å². The molecular weight excluding hydrogens is 396 g/mol. The fourth-order valence-electron chi connectivity index (χ4n) is 1.95. The summed E-state index contributed by atoms with van der Waals surface area (Å²) in [5, 5.41) is 9.44. The minimum absolute atomic E-state index is 0.207. The second kappa shape index (κ2) is 10.4. The molecule has 1 aliphatic rings. The van der Waals surface area contributed by atoms with Crippen molar-refractivity contribution >= 4 is 53.3 Å². The number of benzene rings is 1. The molecule has 0 radical (unpaired) electrons. The van der Waals surface area contributed by atoms with Gasteiger partial charge < -0.3 is 14.8 Å². The molecule has 2 atom stereocenters. The van der Waals surface area contributed by atoms with Crippen molar-refractivity contribution in [1.82, 2.24) is 16.1 Å². The van der Waals surface area contributed by atoms with Crippen LogP contribution in [0.25, 0.3) is 0 Å². The highest BCUT2D eigenvalue weighted by atomic mass is 32.2. The van der Waals surface area contributed by atoms with Crippen molar-refractivity contribution in [3.8, 4) is 5.75 Å². The minimum Gasteiger partial charge on any atom is -0.497 e. The van der Waals surface area contributed by atoms with Crippen LogP contribution in [-0.2, 0) is 15.3 Å². The molecule has 0 fully saturated rings. The SMILES string of the molecule is COC(=O)[C@H](CSCc1ccc(OC)cc1)NC(=O)NC1=NNC(S)S1. The zero-order valence-corrected chi connectivity index (χ0v) is 16.7. The fourth-order valence-corrected chi connectivity index (χ4v) is 3.88. The zero-order chi connectivity index (χ0) is 18.9. The summed E-state index contributed by atoms with van der Waals surface area (Å²) in [6.07, 6.45) is 0. The van der Waals surface area contributed by atoms with Crippen LogP contribution < -0.4 is 20.8 Å². The molecule has 1 unspecified atom stereocenters. The first-order valence-electron chi connectivity index (χ1n) is 7.55. The van der Waals surface area contributed by atoms with E-state index in [2.05, 4.69) is 33.8 Å². The molecule has 8 nitrogen and oxygen atoms in total. The molecule has 1 aromatic rings. The van der Waals surface area contributed by atoms with Crippen LogP contribution in [0.1, 0.15) is 5.56 Å². The first kappa shape index (κ1) is 20.6. The molecule has 0 aromatic heterocycles. The number of hydrazone groups is 1. The van der Waals surface area contributed by atoms with Gasteiger partial charge in [-0.1, -0.05) is 12.1 Å². The number of urea groups is 1. The topological polar surface area (TPSA) is 101 Å². The van der Waals surface area contributed by atoms with E-state index in [0.717, 1.165) is 11.3 Å². The van der Waals surface area contributed by atoms with E-state index in [1.165, 1.54) is 30.6 Å². The van der Waals surface area contributed by atoms with Crippen molar-refractivity contribution < 1.29 is 19.1 Å². The van der Waals surface area contributed by atoms with E-state index in [1.54, 1.807) is 7.11 Å². The van der Waals surface area contributed by atoms with Gasteiger partial charge in [0.1, 0.15) is 16.5 Å². The van der Waals surface area contributed by atoms with Crippen molar-refractivity contribution in [2.24, 2.45) is 5.10 Å². The third-order valence-corrected chi connectivity index (χ3v) is 5.51. The van der Waals surface area contributed by atoms with Crippen molar-refractivity contribution in [3.63, 3.8) is 0 Å². The van der Waals surface area contributed by atoms with Gasteiger partial charge in [0.2, 0.25) is 0 Å². The van der Waals surface area contributed by atoms with Gasteiger partial charge >= 0.3 is 12.0 Å². The number of methoxy groups -OCH3 is 2. The van der Waals surface area contributed by atoms with Gasteiger partial charge in [0.15, 0.2) is 5.17 Å². The highest BCUT2D eigenvalue weighted by Gasteiger charge is 2.23. The minimum atomic E-state index is -0.769. The summed E-state index contributed by atoms with van der Waals surface area (Å²) >= 11 is 6.93. The summed E-state index contributed by atoms with van der Waals surface area (Å²) in [5.41, 5.74) is 3.78. The Morgan fingerprint density at radius 2 is 2.12 bits per heavy atom. The van der Waals surface area contributed by atoms with E-state index in [1.807, 2.05) is 24.3 Å². The molecule has 3 N–H and O–H groups in total. The number of rotatable bonds is 7. The molecular formula is C15H20N4O4S3. The maximum Gasteiger partial charge on any atom is 0.329 e. The average molecular weight is 417 g/mol. The number of hydrogen-bond donors (Lipinski definition) is 4. The monoisotopic (exact) mass is 416 g/mol. The van der Waals surface area contributed by atoms with Crippen LogP contribution in [0.4, 0.5) is 4.79 Å². The standard InChI is InChI=1S/C15H20N4O4S3/c1-22-10-5-3-9(4-6-10)7-25-8-11(12(20)23-2)16-13(21)17-14-18-19-15(24)26-14/h3-6,11,15,19,24H,7-8H2,1-2H3,(H2,16,17,18,21)/t11-,15?/m0/s1. The lowest BCUT2D eigenvalue weighted by atomic mass is 10.2. The van der Waals surface area contributed by atoms with Gasteiger partial charge in [-0.2, -0.15) is 16.9 Å². The second-order valence-corrected chi connectivity index (χ2v) is 8.04. The third kappa shape index (κ3) is 6.54. The van der Waals surface area contributed by atoms with Gasteiger partial charge in [-0.05, 0) is 29.5 Å². The highest BCUT2D eigenvalue weighted by molar-refractivity contribution is 8.21. The summed E-state index contributed by atoms with van der Waals surface area (Å²) in [4.78, 5) is 23.9. The zero-order valence-electron chi connectivity index (χ0n) is 14.2. The van der Waals surface area contributed by atoms with Crippen LogP contribution in [0.3, 0.4) is 0 Å². The second-order valence-electron chi connectivity index (χ2n) is 5.05. The first-order valence-corrected chi connectivity index (χ1v) is 10.1. The largest absolute Gasteiger partial charge is 0.497 e. The van der Waals surface area contributed by atoms with Gasteiger partial charge in [0.05, 0.1) is 14.2 Å². The summed E-state index contributed by atoms with van der Waals surface area (Å²) in [6, 6.07) is 6.37. The van der Waals surface area contributed by atoms with Crippen LogP contribution in [-0.4, -0.2) is 47.9 Å². The van der Waals surface area contributed by atoms with Crippen molar-refractivity contribution in [3.05, 3.63) is 29.8 Å². The fraction of sp³-hybridized carbons (Fsp3) is 0.400. The highest BCUT2D eigenvalue weighted by Crippen LogP contribution is 2.18. The number of nitrogens with zero attached hydrogens (tertiary/aromatic N) is 1. The Labute approximate surface area is 165 Å². The molecule has 0 saturated heterocycles. The average Bonchev–Trinajstić information content (AvgIpc) is 3.05. The summed E-state index contributed by atoms with van der Waals surface area (Å²) < 4.78 is 9.68. The molecule has 2 amide bonds. The van der Waals surface area contributed by atoms with Crippen LogP contribution in [0.5, 0.6) is 5.75 Å². The third-order valence-electron chi connectivity index (χ3n) is 3.22. The lowest BCUT2D eigenvalue weighted by Crippen LogP contribution is -2.48. The molecule has 0 aliphatic carbocycles. The van der Waals surface area contributed by atoms with E-state index in [-0.39, 0.29) is 4.71 Å². The number of carbonyl (C=O) groups excluding carboxylic acids is 2. The summed E-state index contributed by atoms with van der Waals surface area (Å²) in [5.74, 6) is 1.34. The Morgan fingerprint density at radius 1 is 1.38 bits per heavy atom. The predicted molar refractivity (Wildman–Crippen MR) is 108 cm³/mol. The molecule has 0 bridgehead atoms. The molecule has 1 aliphatic heterocycles. The van der Waals surface area contributed by atoms with Gasteiger partial charge in [-0.3, -0.25) is 10.7 Å². The number of hydrogen-bond acceptors (Lipinski definition) is 9. The molecule has 26 heavy (non-hydrogen) atoms. The molecule has 2 rings (SSSR count). The van der Waals surface area contributed by atoms with Gasteiger partial charge in [-0.25, -0.2) is 9.59 Å². The van der Waals surface area contributed by atoms with E-state index >= 15 is 0 Å². The maximum atomic E-state index is 12.0. The van der Waals surface area contributed by atoms with Crippen molar-refractivity contribution in [1.29, 1.82) is 0 Å². The number of thioether (sulfide) groups is 2. The lowest BCUT2D eigenvalue weighted by Gasteiger charge is -2.16. The van der Waals surface area contributed by atoms with Crippen LogP contribution >= 0.6 is 36.2 Å². The molecule has 1 heterocycles. The quantitative estimate of drug-likeness (QED) is 0.396. The first-order chi connectivity index (χ1) is 12.5. The number of amidine groups is 1. The lowest BCUT2D eigenvalue weighted by molar-refractivity contribution is -0.142.